The van der Waals surface area contributed by atoms with Crippen LogP contribution in [0.1, 0.15) is 26.6 Å². The van der Waals surface area contributed by atoms with Gasteiger partial charge in [-0.1, -0.05) is 20.8 Å². The normalized spacial score (nSPS) is 12.5. The number of rotatable bonds is 2. The molecule has 0 saturated heterocycles. The summed E-state index contributed by atoms with van der Waals surface area (Å²) >= 11 is 6.01. The molecule has 1 aromatic carbocycles. The lowest BCUT2D eigenvalue weighted by Gasteiger charge is -2.19. The van der Waals surface area contributed by atoms with Crippen molar-refractivity contribution < 1.29 is 17.9 Å². The average molecular weight is 320 g/mol. The Bertz CT molecular complexity index is 630. The van der Waals surface area contributed by atoms with Crippen molar-refractivity contribution in [2.24, 2.45) is 0 Å². The smallest absolute Gasteiger partial charge is 0.406 e. The van der Waals surface area contributed by atoms with Gasteiger partial charge in [0.25, 0.3) is 0 Å². The second-order valence-corrected chi connectivity index (χ2v) is 5.76. The lowest BCUT2D eigenvalue weighted by atomic mass is 9.95. The van der Waals surface area contributed by atoms with E-state index in [1.807, 2.05) is 20.8 Å². The van der Waals surface area contributed by atoms with E-state index in [2.05, 4.69) is 14.9 Å². The molecule has 2 aromatic rings. The molecule has 21 heavy (non-hydrogen) atoms. The van der Waals surface area contributed by atoms with Crippen molar-refractivity contribution in [2.45, 2.75) is 32.5 Å². The van der Waals surface area contributed by atoms with Gasteiger partial charge in [-0.15, -0.1) is 23.4 Å². The van der Waals surface area contributed by atoms with E-state index in [0.29, 0.717) is 11.5 Å². The van der Waals surface area contributed by atoms with Gasteiger partial charge in [-0.2, -0.15) is 0 Å². The lowest BCUT2D eigenvalue weighted by molar-refractivity contribution is -0.274. The molecule has 0 aliphatic carbocycles. The van der Waals surface area contributed by atoms with Crippen molar-refractivity contribution in [3.8, 4) is 11.4 Å². The molecule has 0 radical (unpaired) electrons. The van der Waals surface area contributed by atoms with E-state index in [0.717, 1.165) is 0 Å². The minimum absolute atomic E-state index is 0.143. The minimum atomic E-state index is -4.72. The maximum Gasteiger partial charge on any atom is 0.573 e. The standard InChI is InChI=1S/C13H13ClF3N3O/c1-12(2,3)10-18-19-11(14)20(10)8-4-6-9(7-5-8)21-13(15,16)17/h4-7H,1-3H3. The first-order valence-corrected chi connectivity index (χ1v) is 6.43. The summed E-state index contributed by atoms with van der Waals surface area (Å²) in [6, 6.07) is 5.36. The third kappa shape index (κ3) is 3.66. The highest BCUT2D eigenvalue weighted by molar-refractivity contribution is 6.28. The van der Waals surface area contributed by atoms with Gasteiger partial charge in [0.15, 0.2) is 0 Å². The van der Waals surface area contributed by atoms with Crippen LogP contribution in [0.3, 0.4) is 0 Å². The molecule has 0 amide bonds. The zero-order valence-electron chi connectivity index (χ0n) is 11.6. The zero-order chi connectivity index (χ0) is 15.8. The first-order chi connectivity index (χ1) is 9.58. The number of hydrogen-bond donors (Lipinski definition) is 0. The summed E-state index contributed by atoms with van der Waals surface area (Å²) in [7, 11) is 0. The Hall–Kier alpha value is -1.76. The SMILES string of the molecule is CC(C)(C)c1nnc(Cl)n1-c1ccc(OC(F)(F)F)cc1. The summed E-state index contributed by atoms with van der Waals surface area (Å²) in [5, 5.41) is 7.97. The van der Waals surface area contributed by atoms with Crippen molar-refractivity contribution in [3.63, 3.8) is 0 Å². The molecule has 114 valence electrons. The number of halogens is 4. The largest absolute Gasteiger partial charge is 0.573 e. The summed E-state index contributed by atoms with van der Waals surface area (Å²) in [6.07, 6.45) is -4.72. The van der Waals surface area contributed by atoms with Crippen LogP contribution < -0.4 is 4.74 Å². The van der Waals surface area contributed by atoms with E-state index in [4.69, 9.17) is 11.6 Å². The van der Waals surface area contributed by atoms with Gasteiger partial charge in [-0.05, 0) is 35.9 Å². The second-order valence-electron chi connectivity index (χ2n) is 5.42. The van der Waals surface area contributed by atoms with Crippen LogP contribution in [-0.4, -0.2) is 21.1 Å². The highest BCUT2D eigenvalue weighted by Gasteiger charge is 2.31. The molecule has 0 aliphatic heterocycles. The average Bonchev–Trinajstić information content (AvgIpc) is 2.70. The molecule has 0 N–H and O–H groups in total. The third-order valence-corrected chi connectivity index (χ3v) is 2.87. The fourth-order valence-corrected chi connectivity index (χ4v) is 1.99. The fourth-order valence-electron chi connectivity index (χ4n) is 1.78. The van der Waals surface area contributed by atoms with Crippen molar-refractivity contribution in [2.75, 3.05) is 0 Å². The molecule has 0 aliphatic rings. The van der Waals surface area contributed by atoms with E-state index in [-0.39, 0.29) is 16.4 Å². The Morgan fingerprint density at radius 2 is 1.62 bits per heavy atom. The number of ether oxygens (including phenoxy) is 1. The maximum atomic E-state index is 12.1. The van der Waals surface area contributed by atoms with Gasteiger partial charge in [0.2, 0.25) is 5.28 Å². The van der Waals surface area contributed by atoms with Crippen LogP contribution in [-0.2, 0) is 5.41 Å². The molecule has 1 aromatic heterocycles. The lowest BCUT2D eigenvalue weighted by Crippen LogP contribution is -2.19. The van der Waals surface area contributed by atoms with Crippen LogP contribution >= 0.6 is 11.6 Å². The van der Waals surface area contributed by atoms with Crippen LogP contribution in [0.5, 0.6) is 5.75 Å². The molecule has 4 nitrogen and oxygen atoms in total. The van der Waals surface area contributed by atoms with Gasteiger partial charge in [0, 0.05) is 5.41 Å². The van der Waals surface area contributed by atoms with Gasteiger partial charge >= 0.3 is 6.36 Å². The molecule has 8 heteroatoms. The minimum Gasteiger partial charge on any atom is -0.406 e. The highest BCUT2D eigenvalue weighted by atomic mass is 35.5. The Kier molecular flexibility index (Phi) is 3.88. The molecule has 0 bridgehead atoms. The second kappa shape index (κ2) is 5.22. The first kappa shape index (κ1) is 15.6. The number of aromatic nitrogens is 3. The first-order valence-electron chi connectivity index (χ1n) is 6.05. The van der Waals surface area contributed by atoms with Crippen LogP contribution in [0.2, 0.25) is 5.28 Å². The number of alkyl halides is 3. The Morgan fingerprint density at radius 3 is 2.10 bits per heavy atom. The molecule has 0 atom stereocenters. The van der Waals surface area contributed by atoms with Crippen LogP contribution in [0.15, 0.2) is 24.3 Å². The van der Waals surface area contributed by atoms with E-state index >= 15 is 0 Å². The van der Waals surface area contributed by atoms with E-state index in [1.54, 1.807) is 4.57 Å². The van der Waals surface area contributed by atoms with Crippen molar-refractivity contribution in [1.82, 2.24) is 14.8 Å². The molecule has 2 rings (SSSR count). The van der Waals surface area contributed by atoms with E-state index in [9.17, 15) is 13.2 Å². The monoisotopic (exact) mass is 319 g/mol. The predicted molar refractivity (Wildman–Crippen MR) is 71.8 cm³/mol. The Morgan fingerprint density at radius 1 is 1.05 bits per heavy atom. The van der Waals surface area contributed by atoms with Crippen molar-refractivity contribution in [1.29, 1.82) is 0 Å². The molecule has 0 unspecified atom stereocenters. The van der Waals surface area contributed by atoms with Crippen LogP contribution in [0.4, 0.5) is 13.2 Å². The van der Waals surface area contributed by atoms with Crippen molar-refractivity contribution >= 4 is 11.6 Å². The van der Waals surface area contributed by atoms with E-state index in [1.165, 1.54) is 24.3 Å². The zero-order valence-corrected chi connectivity index (χ0v) is 12.3. The Balaban J connectivity index is 2.38. The summed E-state index contributed by atoms with van der Waals surface area (Å²) in [5.74, 6) is 0.310. The molecular weight excluding hydrogens is 307 g/mol. The van der Waals surface area contributed by atoms with Gasteiger partial charge in [-0.25, -0.2) is 0 Å². The van der Waals surface area contributed by atoms with E-state index < -0.39 is 6.36 Å². The summed E-state index contributed by atoms with van der Waals surface area (Å²) in [6.45, 7) is 5.81. The molecular formula is C13H13ClF3N3O. The number of hydrogen-bond acceptors (Lipinski definition) is 3. The van der Waals surface area contributed by atoms with Gasteiger partial charge in [-0.3, -0.25) is 4.57 Å². The number of benzene rings is 1. The molecule has 0 fully saturated rings. The summed E-state index contributed by atoms with van der Waals surface area (Å²) in [5.41, 5.74) is 0.242. The predicted octanol–water partition coefficient (Wildman–Crippen LogP) is 4.12. The van der Waals surface area contributed by atoms with Crippen LogP contribution in [0.25, 0.3) is 5.69 Å². The maximum absolute atomic E-state index is 12.1. The van der Waals surface area contributed by atoms with Gasteiger partial charge < -0.3 is 4.74 Å². The highest BCUT2D eigenvalue weighted by Crippen LogP contribution is 2.28. The number of nitrogens with zero attached hydrogens (tertiary/aromatic N) is 3. The third-order valence-electron chi connectivity index (χ3n) is 2.62. The summed E-state index contributed by atoms with van der Waals surface area (Å²) in [4.78, 5) is 0. The molecule has 0 saturated carbocycles. The topological polar surface area (TPSA) is 39.9 Å². The fraction of sp³-hybridized carbons (Fsp3) is 0.385. The summed E-state index contributed by atoms with van der Waals surface area (Å²) < 4.78 is 41.8. The van der Waals surface area contributed by atoms with Gasteiger partial charge in [0.1, 0.15) is 11.6 Å². The molecule has 0 spiro atoms. The van der Waals surface area contributed by atoms with Crippen LogP contribution in [0, 0.1) is 0 Å². The molecule has 1 heterocycles. The Labute approximate surface area is 124 Å². The quantitative estimate of drug-likeness (QED) is 0.836. The van der Waals surface area contributed by atoms with Gasteiger partial charge in [0.05, 0.1) is 5.69 Å². The van der Waals surface area contributed by atoms with Crippen molar-refractivity contribution in [3.05, 3.63) is 35.4 Å².